The highest BCUT2D eigenvalue weighted by molar-refractivity contribution is 7.89. The molecule has 1 aromatic rings. The lowest BCUT2D eigenvalue weighted by molar-refractivity contribution is 0.00610. The molecule has 2 fully saturated rings. The molecule has 1 aromatic carbocycles. The van der Waals surface area contributed by atoms with E-state index in [1.807, 2.05) is 0 Å². The molecule has 2 saturated heterocycles. The zero-order valence-electron chi connectivity index (χ0n) is 14.2. The molecular formula is C17H24N2O5S. The Morgan fingerprint density at radius 1 is 0.880 bits per heavy atom. The molecule has 138 valence electrons. The molecule has 0 unspecified atom stereocenters. The molecule has 0 amide bonds. The van der Waals surface area contributed by atoms with E-state index in [1.54, 1.807) is 22.5 Å². The largest absolute Gasteiger partial charge is 0.486 e. The number of rotatable bonds is 3. The third-order valence-corrected chi connectivity index (χ3v) is 7.03. The second-order valence-electron chi connectivity index (χ2n) is 6.59. The number of sulfonamides is 1. The fourth-order valence-electron chi connectivity index (χ4n) is 3.72. The van der Waals surface area contributed by atoms with Crippen LogP contribution in [0.3, 0.4) is 0 Å². The monoisotopic (exact) mass is 368 g/mol. The van der Waals surface area contributed by atoms with Crippen molar-refractivity contribution in [2.24, 2.45) is 0 Å². The molecule has 7 nitrogen and oxygen atoms in total. The average molecular weight is 368 g/mol. The van der Waals surface area contributed by atoms with E-state index in [4.69, 9.17) is 14.2 Å². The molecule has 0 N–H and O–H groups in total. The first-order valence-corrected chi connectivity index (χ1v) is 10.3. The van der Waals surface area contributed by atoms with E-state index in [0.717, 1.165) is 39.1 Å². The van der Waals surface area contributed by atoms with E-state index < -0.39 is 10.0 Å². The Morgan fingerprint density at radius 2 is 1.56 bits per heavy atom. The Balaban J connectivity index is 1.44. The summed E-state index contributed by atoms with van der Waals surface area (Å²) in [6.45, 7) is 5.48. The number of nitrogens with zero attached hydrogens (tertiary/aromatic N) is 2. The van der Waals surface area contributed by atoms with Crippen molar-refractivity contribution in [3.05, 3.63) is 18.2 Å². The molecule has 4 rings (SSSR count). The van der Waals surface area contributed by atoms with Gasteiger partial charge in [-0.3, -0.25) is 4.90 Å². The molecule has 3 aliphatic rings. The van der Waals surface area contributed by atoms with Crippen LogP contribution >= 0.6 is 0 Å². The lowest BCUT2D eigenvalue weighted by Crippen LogP contribution is -2.50. The molecule has 25 heavy (non-hydrogen) atoms. The molecule has 0 aliphatic carbocycles. The number of ether oxygens (including phenoxy) is 3. The molecule has 3 heterocycles. The van der Waals surface area contributed by atoms with Crippen LogP contribution in [0.5, 0.6) is 11.5 Å². The zero-order valence-corrected chi connectivity index (χ0v) is 15.0. The fraction of sp³-hybridized carbons (Fsp3) is 0.647. The Morgan fingerprint density at radius 3 is 2.28 bits per heavy atom. The number of benzene rings is 1. The molecule has 0 bridgehead atoms. The number of hydrogen-bond acceptors (Lipinski definition) is 6. The van der Waals surface area contributed by atoms with E-state index in [1.165, 1.54) is 0 Å². The van der Waals surface area contributed by atoms with E-state index in [2.05, 4.69) is 4.90 Å². The van der Waals surface area contributed by atoms with E-state index in [0.29, 0.717) is 43.8 Å². The summed E-state index contributed by atoms with van der Waals surface area (Å²) in [4.78, 5) is 2.71. The summed E-state index contributed by atoms with van der Waals surface area (Å²) in [6.07, 6.45) is 1.73. The summed E-state index contributed by atoms with van der Waals surface area (Å²) in [7, 11) is -3.50. The van der Waals surface area contributed by atoms with E-state index in [9.17, 15) is 8.42 Å². The summed E-state index contributed by atoms with van der Waals surface area (Å²) < 4.78 is 43.9. The van der Waals surface area contributed by atoms with Gasteiger partial charge in [-0.05, 0) is 25.0 Å². The van der Waals surface area contributed by atoms with Crippen molar-refractivity contribution in [1.29, 1.82) is 0 Å². The molecule has 8 heteroatoms. The van der Waals surface area contributed by atoms with Crippen LogP contribution in [-0.2, 0) is 14.8 Å². The van der Waals surface area contributed by atoms with Crippen LogP contribution in [0.15, 0.2) is 23.1 Å². The van der Waals surface area contributed by atoms with Crippen LogP contribution in [0.2, 0.25) is 0 Å². The van der Waals surface area contributed by atoms with Gasteiger partial charge in [-0.2, -0.15) is 4.31 Å². The highest BCUT2D eigenvalue weighted by atomic mass is 32.2. The van der Waals surface area contributed by atoms with Gasteiger partial charge in [0.15, 0.2) is 11.5 Å². The molecule has 0 aromatic heterocycles. The molecular weight excluding hydrogens is 344 g/mol. The molecule has 0 saturated carbocycles. The van der Waals surface area contributed by atoms with E-state index >= 15 is 0 Å². The van der Waals surface area contributed by atoms with Crippen molar-refractivity contribution in [1.82, 2.24) is 9.21 Å². The van der Waals surface area contributed by atoms with Gasteiger partial charge in [0.2, 0.25) is 10.0 Å². The van der Waals surface area contributed by atoms with Gasteiger partial charge in [0.1, 0.15) is 13.2 Å². The van der Waals surface area contributed by atoms with Gasteiger partial charge in [0.25, 0.3) is 0 Å². The molecule has 0 radical (unpaired) electrons. The van der Waals surface area contributed by atoms with Crippen molar-refractivity contribution in [3.8, 4) is 11.5 Å². The van der Waals surface area contributed by atoms with Crippen LogP contribution in [0, 0.1) is 0 Å². The minimum Gasteiger partial charge on any atom is -0.486 e. The number of morpholine rings is 1. The minimum absolute atomic E-state index is 0.279. The third kappa shape index (κ3) is 3.48. The highest BCUT2D eigenvalue weighted by Gasteiger charge is 2.32. The van der Waals surface area contributed by atoms with Crippen molar-refractivity contribution in [2.45, 2.75) is 23.8 Å². The second-order valence-corrected chi connectivity index (χ2v) is 8.53. The first-order valence-electron chi connectivity index (χ1n) is 8.86. The van der Waals surface area contributed by atoms with Crippen LogP contribution in [-0.4, -0.2) is 76.3 Å². The summed E-state index contributed by atoms with van der Waals surface area (Å²) in [5.41, 5.74) is 0. The zero-order chi connectivity index (χ0) is 17.3. The predicted molar refractivity (Wildman–Crippen MR) is 91.6 cm³/mol. The maximum absolute atomic E-state index is 13.0. The average Bonchev–Trinajstić information content (AvgIpc) is 2.68. The van der Waals surface area contributed by atoms with Crippen LogP contribution in [0.4, 0.5) is 0 Å². The van der Waals surface area contributed by atoms with Crippen LogP contribution in [0.25, 0.3) is 0 Å². The standard InChI is InChI=1S/C17H24N2O5S/c20-25(21,15-1-2-16-17(13-15)24-12-11-23-16)19-5-3-14(4-6-19)18-7-9-22-10-8-18/h1-2,13-14H,3-12H2. The van der Waals surface area contributed by atoms with Gasteiger partial charge in [-0.25, -0.2) is 8.42 Å². The smallest absolute Gasteiger partial charge is 0.243 e. The Hall–Kier alpha value is -1.35. The maximum Gasteiger partial charge on any atom is 0.243 e. The molecule has 3 aliphatic heterocycles. The molecule has 0 spiro atoms. The first-order chi connectivity index (χ1) is 12.1. The van der Waals surface area contributed by atoms with Gasteiger partial charge in [-0.1, -0.05) is 0 Å². The van der Waals surface area contributed by atoms with Gasteiger partial charge >= 0.3 is 0 Å². The number of fused-ring (bicyclic) bond motifs is 1. The van der Waals surface area contributed by atoms with Gasteiger partial charge in [0, 0.05) is 38.3 Å². The lowest BCUT2D eigenvalue weighted by Gasteiger charge is -2.39. The predicted octanol–water partition coefficient (Wildman–Crippen LogP) is 0.943. The van der Waals surface area contributed by atoms with E-state index in [-0.39, 0.29) is 4.90 Å². The lowest BCUT2D eigenvalue weighted by atomic mass is 10.0. The van der Waals surface area contributed by atoms with Crippen molar-refractivity contribution >= 4 is 10.0 Å². The van der Waals surface area contributed by atoms with Crippen molar-refractivity contribution in [2.75, 3.05) is 52.6 Å². The summed E-state index contributed by atoms with van der Waals surface area (Å²) >= 11 is 0. The number of piperidine rings is 1. The topological polar surface area (TPSA) is 68.3 Å². The first kappa shape index (κ1) is 17.1. The Bertz CT molecular complexity index is 710. The van der Waals surface area contributed by atoms with Gasteiger partial charge in [0.05, 0.1) is 18.1 Å². The minimum atomic E-state index is -3.50. The normalized spacial score (nSPS) is 23.5. The Labute approximate surface area is 148 Å². The summed E-state index contributed by atoms with van der Waals surface area (Å²) in [6, 6.07) is 5.33. The SMILES string of the molecule is O=S(=O)(c1ccc2c(c1)OCCO2)N1CCC(N2CCOCC2)CC1. The summed E-state index contributed by atoms with van der Waals surface area (Å²) in [5.74, 6) is 1.12. The van der Waals surface area contributed by atoms with Crippen LogP contribution < -0.4 is 9.47 Å². The van der Waals surface area contributed by atoms with Gasteiger partial charge in [-0.15, -0.1) is 0 Å². The third-order valence-electron chi connectivity index (χ3n) is 5.14. The maximum atomic E-state index is 13.0. The van der Waals surface area contributed by atoms with Crippen molar-refractivity contribution in [3.63, 3.8) is 0 Å². The molecule has 0 atom stereocenters. The second kappa shape index (κ2) is 7.11. The number of hydrogen-bond donors (Lipinski definition) is 0. The van der Waals surface area contributed by atoms with Crippen LogP contribution in [0.1, 0.15) is 12.8 Å². The Kier molecular flexibility index (Phi) is 4.86. The fourth-order valence-corrected chi connectivity index (χ4v) is 5.21. The van der Waals surface area contributed by atoms with Crippen molar-refractivity contribution < 1.29 is 22.6 Å². The summed E-state index contributed by atoms with van der Waals surface area (Å²) in [5, 5.41) is 0. The quantitative estimate of drug-likeness (QED) is 0.791. The highest BCUT2D eigenvalue weighted by Crippen LogP contribution is 2.33. The van der Waals surface area contributed by atoms with Gasteiger partial charge < -0.3 is 14.2 Å².